The van der Waals surface area contributed by atoms with Crippen LogP contribution < -0.4 is 5.32 Å². The highest BCUT2D eigenvalue weighted by atomic mass is 35.5. The van der Waals surface area contributed by atoms with Gasteiger partial charge in [0, 0.05) is 50.7 Å². The number of nitrogens with one attached hydrogen (secondary N) is 1. The molecule has 0 unspecified atom stereocenters. The van der Waals surface area contributed by atoms with E-state index in [0.717, 1.165) is 36.8 Å². The van der Waals surface area contributed by atoms with E-state index in [1.165, 1.54) is 5.56 Å². The zero-order valence-electron chi connectivity index (χ0n) is 13.0. The molecule has 1 N–H and O–H groups in total. The van der Waals surface area contributed by atoms with Gasteiger partial charge in [-0.25, -0.2) is 0 Å². The average molecular weight is 310 g/mol. The van der Waals surface area contributed by atoms with Crippen molar-refractivity contribution in [2.24, 2.45) is 0 Å². The fourth-order valence-electron chi connectivity index (χ4n) is 2.82. The maximum Gasteiger partial charge on any atom is 0.221 e. The van der Waals surface area contributed by atoms with Crippen molar-refractivity contribution in [1.29, 1.82) is 0 Å². The molecule has 0 radical (unpaired) electrons. The number of hydrogen-bond acceptors (Lipinski definition) is 3. The van der Waals surface area contributed by atoms with Gasteiger partial charge in [-0.15, -0.1) is 0 Å². The van der Waals surface area contributed by atoms with Gasteiger partial charge in [-0.3, -0.25) is 9.69 Å². The van der Waals surface area contributed by atoms with E-state index in [0.29, 0.717) is 6.42 Å². The first kappa shape index (κ1) is 16.3. The second-order valence-electron chi connectivity index (χ2n) is 5.73. The summed E-state index contributed by atoms with van der Waals surface area (Å²) >= 11 is 6.17. The van der Waals surface area contributed by atoms with Crippen LogP contribution in [0.4, 0.5) is 0 Å². The minimum atomic E-state index is 0.0679. The number of piperazine rings is 1. The Hall–Kier alpha value is -1.10. The molecule has 1 fully saturated rings. The largest absolute Gasteiger partial charge is 0.359 e. The number of rotatable bonds is 4. The molecule has 1 saturated heterocycles. The molecule has 2 rings (SSSR count). The van der Waals surface area contributed by atoms with Crippen LogP contribution in [0.25, 0.3) is 0 Å². The summed E-state index contributed by atoms with van der Waals surface area (Å²) in [5.74, 6) is 0.0679. The Kier molecular flexibility index (Phi) is 5.62. The fourth-order valence-corrected chi connectivity index (χ4v) is 3.00. The zero-order valence-corrected chi connectivity index (χ0v) is 13.8. The molecule has 1 aromatic carbocycles. The summed E-state index contributed by atoms with van der Waals surface area (Å²) < 4.78 is 0. The highest BCUT2D eigenvalue weighted by molar-refractivity contribution is 6.30. The van der Waals surface area contributed by atoms with Gasteiger partial charge in [0.1, 0.15) is 0 Å². The van der Waals surface area contributed by atoms with E-state index >= 15 is 0 Å². The first-order valence-electron chi connectivity index (χ1n) is 7.40. The Morgan fingerprint density at radius 2 is 2.00 bits per heavy atom. The lowest BCUT2D eigenvalue weighted by Gasteiger charge is -2.38. The molecule has 116 valence electrons. The van der Waals surface area contributed by atoms with Gasteiger partial charge in [0.2, 0.25) is 5.91 Å². The number of likely N-dealkylation sites (N-methyl/N-ethyl adjacent to an activating group) is 1. The molecule has 0 bridgehead atoms. The number of amides is 1. The maximum absolute atomic E-state index is 11.9. The zero-order chi connectivity index (χ0) is 15.4. The van der Waals surface area contributed by atoms with Crippen molar-refractivity contribution in [2.45, 2.75) is 19.4 Å². The van der Waals surface area contributed by atoms with E-state index in [1.54, 1.807) is 7.05 Å². The monoisotopic (exact) mass is 309 g/mol. The predicted molar refractivity (Wildman–Crippen MR) is 86.7 cm³/mol. The molecule has 0 spiro atoms. The summed E-state index contributed by atoms with van der Waals surface area (Å²) in [6.07, 6.45) is 0.474. The van der Waals surface area contributed by atoms with E-state index in [1.807, 2.05) is 18.2 Å². The van der Waals surface area contributed by atoms with Crippen molar-refractivity contribution in [3.8, 4) is 0 Å². The molecule has 0 aromatic heterocycles. The molecule has 0 saturated carbocycles. The molecule has 1 amide bonds. The number of aryl methyl sites for hydroxylation is 1. The second-order valence-corrected chi connectivity index (χ2v) is 6.17. The van der Waals surface area contributed by atoms with Gasteiger partial charge in [0.15, 0.2) is 0 Å². The van der Waals surface area contributed by atoms with Gasteiger partial charge in [0.25, 0.3) is 0 Å². The summed E-state index contributed by atoms with van der Waals surface area (Å²) in [6, 6.07) is 6.03. The van der Waals surface area contributed by atoms with Crippen LogP contribution in [0, 0.1) is 6.92 Å². The van der Waals surface area contributed by atoms with Gasteiger partial charge in [-0.2, -0.15) is 0 Å². The van der Waals surface area contributed by atoms with Gasteiger partial charge >= 0.3 is 0 Å². The van der Waals surface area contributed by atoms with Crippen LogP contribution in [0.2, 0.25) is 5.02 Å². The molecule has 1 heterocycles. The second kappa shape index (κ2) is 7.25. The Balaban J connectivity index is 2.26. The van der Waals surface area contributed by atoms with Crippen molar-refractivity contribution in [2.75, 3.05) is 40.3 Å². The van der Waals surface area contributed by atoms with Crippen molar-refractivity contribution in [3.05, 3.63) is 34.3 Å². The predicted octanol–water partition coefficient (Wildman–Crippen LogP) is 2.07. The summed E-state index contributed by atoms with van der Waals surface area (Å²) in [7, 11) is 3.82. The lowest BCUT2D eigenvalue weighted by atomic mass is 9.96. The highest BCUT2D eigenvalue weighted by Gasteiger charge is 2.27. The maximum atomic E-state index is 11.9. The van der Waals surface area contributed by atoms with Crippen LogP contribution >= 0.6 is 11.6 Å². The van der Waals surface area contributed by atoms with E-state index in [4.69, 9.17) is 11.6 Å². The Morgan fingerprint density at radius 1 is 1.33 bits per heavy atom. The normalized spacial score (nSPS) is 18.5. The summed E-state index contributed by atoms with van der Waals surface area (Å²) in [6.45, 7) is 6.10. The highest BCUT2D eigenvalue weighted by Crippen LogP contribution is 2.30. The van der Waals surface area contributed by atoms with Crippen molar-refractivity contribution in [1.82, 2.24) is 15.1 Å². The average Bonchev–Trinajstić information content (AvgIpc) is 2.48. The molecule has 1 aliphatic heterocycles. The molecule has 1 aromatic rings. The van der Waals surface area contributed by atoms with E-state index < -0.39 is 0 Å². The molecule has 1 aliphatic rings. The number of halogens is 1. The van der Waals surface area contributed by atoms with Crippen LogP contribution in [0.3, 0.4) is 0 Å². The first-order valence-corrected chi connectivity index (χ1v) is 7.78. The minimum Gasteiger partial charge on any atom is -0.359 e. The summed E-state index contributed by atoms with van der Waals surface area (Å²) in [4.78, 5) is 16.6. The van der Waals surface area contributed by atoms with Gasteiger partial charge < -0.3 is 10.2 Å². The van der Waals surface area contributed by atoms with Gasteiger partial charge in [-0.1, -0.05) is 17.7 Å². The van der Waals surface area contributed by atoms with Crippen LogP contribution in [-0.2, 0) is 4.79 Å². The molecule has 5 heteroatoms. The molecule has 4 nitrogen and oxygen atoms in total. The topological polar surface area (TPSA) is 35.6 Å². The number of carbonyl (C=O) groups is 1. The summed E-state index contributed by atoms with van der Waals surface area (Å²) in [5, 5.41) is 3.47. The van der Waals surface area contributed by atoms with Crippen LogP contribution in [-0.4, -0.2) is 56.0 Å². The van der Waals surface area contributed by atoms with Crippen molar-refractivity contribution >= 4 is 17.5 Å². The van der Waals surface area contributed by atoms with E-state index in [9.17, 15) is 4.79 Å². The summed E-state index contributed by atoms with van der Waals surface area (Å²) in [5.41, 5.74) is 2.35. The van der Waals surface area contributed by atoms with Crippen LogP contribution in [0.15, 0.2) is 18.2 Å². The molecular weight excluding hydrogens is 286 g/mol. The van der Waals surface area contributed by atoms with E-state index in [2.05, 4.69) is 29.1 Å². The Morgan fingerprint density at radius 3 is 2.62 bits per heavy atom. The van der Waals surface area contributed by atoms with Gasteiger partial charge in [0.05, 0.1) is 0 Å². The molecule has 0 aliphatic carbocycles. The van der Waals surface area contributed by atoms with Crippen LogP contribution in [0.5, 0.6) is 0 Å². The van der Waals surface area contributed by atoms with Gasteiger partial charge in [-0.05, 0) is 37.2 Å². The minimum absolute atomic E-state index is 0.0679. The van der Waals surface area contributed by atoms with Crippen molar-refractivity contribution < 1.29 is 4.79 Å². The molecule has 21 heavy (non-hydrogen) atoms. The third kappa shape index (κ3) is 4.19. The van der Waals surface area contributed by atoms with E-state index in [-0.39, 0.29) is 11.9 Å². The lowest BCUT2D eigenvalue weighted by molar-refractivity contribution is -0.122. The first-order chi connectivity index (χ1) is 10.0. The smallest absolute Gasteiger partial charge is 0.221 e. The number of hydrogen-bond donors (Lipinski definition) is 1. The Labute approximate surface area is 132 Å². The number of carbonyl (C=O) groups excluding carboxylic acids is 1. The van der Waals surface area contributed by atoms with Crippen molar-refractivity contribution in [3.63, 3.8) is 0 Å². The quantitative estimate of drug-likeness (QED) is 0.925. The SMILES string of the molecule is CNC(=O)C[C@@H](c1cc(Cl)ccc1C)N1CCN(C)CC1. The lowest BCUT2D eigenvalue weighted by Crippen LogP contribution is -2.46. The third-order valence-corrected chi connectivity index (χ3v) is 4.47. The fraction of sp³-hybridized carbons (Fsp3) is 0.562. The van der Waals surface area contributed by atoms with Crippen LogP contribution in [0.1, 0.15) is 23.6 Å². The third-order valence-electron chi connectivity index (χ3n) is 4.24. The Bertz CT molecular complexity index is 498. The molecular formula is C16H24ClN3O. The number of benzene rings is 1. The molecule has 1 atom stereocenters. The standard InChI is InChI=1S/C16H24ClN3O/c1-12-4-5-13(17)10-14(12)15(11-16(21)18-2)20-8-6-19(3)7-9-20/h4-5,10,15H,6-9,11H2,1-3H3,(H,18,21)/t15-/m0/s1. The number of nitrogens with zero attached hydrogens (tertiary/aromatic N) is 2.